The second-order valence-electron chi connectivity index (χ2n) is 5.05. The van der Waals surface area contributed by atoms with Gasteiger partial charge in [-0.25, -0.2) is 4.39 Å². The lowest BCUT2D eigenvalue weighted by Crippen LogP contribution is -2.26. The number of fused-ring (bicyclic) bond motifs is 1. The molecule has 1 aromatic carbocycles. The van der Waals surface area contributed by atoms with Crippen LogP contribution >= 0.6 is 0 Å². The Balaban J connectivity index is 1.97. The fourth-order valence-corrected chi connectivity index (χ4v) is 2.19. The number of aromatic nitrogens is 1. The van der Waals surface area contributed by atoms with Gasteiger partial charge in [-0.15, -0.1) is 0 Å². The van der Waals surface area contributed by atoms with Crippen molar-refractivity contribution in [3.05, 3.63) is 46.0 Å². The molecule has 0 saturated heterocycles. The molecule has 1 amide bonds. The molecule has 6 heteroatoms. The van der Waals surface area contributed by atoms with Crippen molar-refractivity contribution in [3.63, 3.8) is 0 Å². The van der Waals surface area contributed by atoms with Crippen molar-refractivity contribution in [1.29, 1.82) is 0 Å². The van der Waals surface area contributed by atoms with E-state index in [0.29, 0.717) is 30.7 Å². The van der Waals surface area contributed by atoms with Crippen LogP contribution in [0.25, 0.3) is 10.9 Å². The van der Waals surface area contributed by atoms with Crippen LogP contribution in [0.4, 0.5) is 4.39 Å². The smallest absolute Gasteiger partial charge is 0.251 e. The average molecular weight is 306 g/mol. The summed E-state index contributed by atoms with van der Waals surface area (Å²) >= 11 is 0. The second kappa shape index (κ2) is 7.70. The molecule has 0 spiro atoms. The van der Waals surface area contributed by atoms with Gasteiger partial charge in [0.25, 0.3) is 5.56 Å². The zero-order valence-corrected chi connectivity index (χ0v) is 12.4. The Bertz CT molecular complexity index is 712. The van der Waals surface area contributed by atoms with Crippen LogP contribution in [0, 0.1) is 5.82 Å². The topological polar surface area (TPSA) is 71.2 Å². The molecule has 0 unspecified atom stereocenters. The Morgan fingerprint density at radius 3 is 2.95 bits per heavy atom. The number of rotatable bonds is 7. The molecule has 0 atom stereocenters. The summed E-state index contributed by atoms with van der Waals surface area (Å²) < 4.78 is 18.0. The van der Waals surface area contributed by atoms with Crippen molar-refractivity contribution in [1.82, 2.24) is 10.3 Å². The molecule has 0 radical (unpaired) electrons. The predicted molar refractivity (Wildman–Crippen MR) is 82.4 cm³/mol. The summed E-state index contributed by atoms with van der Waals surface area (Å²) in [7, 11) is 1.61. The lowest BCUT2D eigenvalue weighted by Gasteiger charge is -2.06. The Kier molecular flexibility index (Phi) is 5.66. The first kappa shape index (κ1) is 16.2. The summed E-state index contributed by atoms with van der Waals surface area (Å²) in [5, 5.41) is 3.52. The third-order valence-electron chi connectivity index (χ3n) is 3.35. The normalized spacial score (nSPS) is 10.8. The molecule has 5 nitrogen and oxygen atoms in total. The molecule has 0 aliphatic rings. The molecule has 0 bridgehead atoms. The Morgan fingerprint density at radius 1 is 1.36 bits per heavy atom. The van der Waals surface area contributed by atoms with Gasteiger partial charge in [-0.2, -0.15) is 0 Å². The molecule has 0 fully saturated rings. The maximum atomic E-state index is 13.1. The zero-order valence-electron chi connectivity index (χ0n) is 12.4. The number of aryl methyl sites for hydroxylation is 1. The fourth-order valence-electron chi connectivity index (χ4n) is 2.19. The van der Waals surface area contributed by atoms with Crippen LogP contribution < -0.4 is 10.9 Å². The number of aromatic amines is 1. The fraction of sp³-hybridized carbons (Fsp3) is 0.375. The van der Waals surface area contributed by atoms with Gasteiger partial charge in [-0.05, 0) is 42.5 Å². The number of H-pyrrole nitrogens is 1. The van der Waals surface area contributed by atoms with Gasteiger partial charge in [0.15, 0.2) is 0 Å². The van der Waals surface area contributed by atoms with Crippen molar-refractivity contribution in [2.24, 2.45) is 0 Å². The van der Waals surface area contributed by atoms with Gasteiger partial charge in [-0.3, -0.25) is 9.59 Å². The molecule has 2 aromatic rings. The highest BCUT2D eigenvalue weighted by atomic mass is 19.1. The highest BCUT2D eigenvalue weighted by Crippen LogP contribution is 2.13. The number of nitrogens with one attached hydrogen (secondary N) is 2. The molecule has 2 rings (SSSR count). The minimum atomic E-state index is -0.397. The van der Waals surface area contributed by atoms with Crippen molar-refractivity contribution >= 4 is 16.8 Å². The number of methoxy groups -OCH3 is 1. The van der Waals surface area contributed by atoms with Gasteiger partial charge >= 0.3 is 0 Å². The monoisotopic (exact) mass is 306 g/mol. The van der Waals surface area contributed by atoms with Crippen molar-refractivity contribution in [2.75, 3.05) is 20.3 Å². The molecular formula is C16H19FN2O3. The van der Waals surface area contributed by atoms with E-state index in [0.717, 1.165) is 11.8 Å². The highest BCUT2D eigenvalue weighted by molar-refractivity contribution is 5.79. The van der Waals surface area contributed by atoms with E-state index in [1.54, 1.807) is 19.2 Å². The van der Waals surface area contributed by atoms with Crippen molar-refractivity contribution < 1.29 is 13.9 Å². The number of carbonyl (C=O) groups excluding carboxylic acids is 1. The molecule has 2 N–H and O–H groups in total. The standard InChI is InChI=1S/C16H19FN2O3/c1-22-8-2-7-18-15(20)6-4-12-9-11-3-5-13(17)10-14(11)19-16(12)21/h3,5,9-10H,2,4,6-8H2,1H3,(H,18,20)(H,19,21). The number of amides is 1. The van der Waals surface area contributed by atoms with E-state index >= 15 is 0 Å². The Hall–Kier alpha value is -2.21. The third kappa shape index (κ3) is 4.39. The van der Waals surface area contributed by atoms with E-state index in [1.165, 1.54) is 12.1 Å². The lowest BCUT2D eigenvalue weighted by molar-refractivity contribution is -0.121. The molecular weight excluding hydrogens is 287 g/mol. The predicted octanol–water partition coefficient (Wildman–Crippen LogP) is 1.75. The summed E-state index contributed by atoms with van der Waals surface area (Å²) in [5.74, 6) is -0.499. The van der Waals surface area contributed by atoms with Gasteiger partial charge in [0.1, 0.15) is 5.82 Å². The Labute approximate surface area is 127 Å². The van der Waals surface area contributed by atoms with E-state index in [-0.39, 0.29) is 17.9 Å². The largest absolute Gasteiger partial charge is 0.385 e. The summed E-state index contributed by atoms with van der Waals surface area (Å²) in [6, 6.07) is 5.93. The van der Waals surface area contributed by atoms with E-state index in [4.69, 9.17) is 4.74 Å². The first-order chi connectivity index (χ1) is 10.6. The van der Waals surface area contributed by atoms with Gasteiger partial charge in [0, 0.05) is 32.2 Å². The van der Waals surface area contributed by atoms with Crippen LogP contribution in [0.15, 0.2) is 29.1 Å². The van der Waals surface area contributed by atoms with Crippen molar-refractivity contribution in [2.45, 2.75) is 19.3 Å². The third-order valence-corrected chi connectivity index (χ3v) is 3.35. The SMILES string of the molecule is COCCCNC(=O)CCc1cc2ccc(F)cc2[nH]c1=O. The maximum Gasteiger partial charge on any atom is 0.251 e. The Morgan fingerprint density at radius 2 is 2.18 bits per heavy atom. The minimum Gasteiger partial charge on any atom is -0.385 e. The summed E-state index contributed by atoms with van der Waals surface area (Å²) in [4.78, 5) is 26.3. The molecule has 22 heavy (non-hydrogen) atoms. The van der Waals surface area contributed by atoms with E-state index in [1.807, 2.05) is 0 Å². The molecule has 1 aromatic heterocycles. The number of halogens is 1. The number of pyridine rings is 1. The first-order valence-corrected chi connectivity index (χ1v) is 7.17. The van der Waals surface area contributed by atoms with Gasteiger partial charge in [0.05, 0.1) is 5.52 Å². The number of ether oxygens (including phenoxy) is 1. The minimum absolute atomic E-state index is 0.102. The van der Waals surface area contributed by atoms with Crippen molar-refractivity contribution in [3.8, 4) is 0 Å². The average Bonchev–Trinajstić information content (AvgIpc) is 2.49. The van der Waals surface area contributed by atoms with Crippen LogP contribution in [-0.2, 0) is 16.0 Å². The van der Waals surface area contributed by atoms with Crippen LogP contribution in [0.1, 0.15) is 18.4 Å². The summed E-state index contributed by atoms with van der Waals surface area (Å²) in [6.07, 6.45) is 1.34. The van der Waals surface area contributed by atoms with Crippen LogP contribution in [-0.4, -0.2) is 31.2 Å². The van der Waals surface area contributed by atoms with E-state index in [2.05, 4.69) is 10.3 Å². The molecule has 0 aliphatic carbocycles. The van der Waals surface area contributed by atoms with Gasteiger partial charge in [-0.1, -0.05) is 0 Å². The first-order valence-electron chi connectivity index (χ1n) is 7.17. The second-order valence-corrected chi connectivity index (χ2v) is 5.05. The quantitative estimate of drug-likeness (QED) is 0.766. The number of benzene rings is 1. The van der Waals surface area contributed by atoms with Gasteiger partial charge in [0.2, 0.25) is 5.91 Å². The molecule has 0 saturated carbocycles. The summed E-state index contributed by atoms with van der Waals surface area (Å²) in [6.45, 7) is 1.15. The molecule has 0 aliphatic heterocycles. The maximum absolute atomic E-state index is 13.1. The highest BCUT2D eigenvalue weighted by Gasteiger charge is 2.07. The summed E-state index contributed by atoms with van der Waals surface area (Å²) in [5.41, 5.74) is 0.689. The lowest BCUT2D eigenvalue weighted by atomic mass is 10.1. The van der Waals surface area contributed by atoms with E-state index < -0.39 is 5.82 Å². The van der Waals surface area contributed by atoms with Crippen LogP contribution in [0.3, 0.4) is 0 Å². The van der Waals surface area contributed by atoms with E-state index in [9.17, 15) is 14.0 Å². The molecule has 1 heterocycles. The zero-order chi connectivity index (χ0) is 15.9. The number of hydrogen-bond donors (Lipinski definition) is 2. The molecule has 118 valence electrons. The number of hydrogen-bond acceptors (Lipinski definition) is 3. The number of carbonyl (C=O) groups is 1. The van der Waals surface area contributed by atoms with Crippen LogP contribution in [0.5, 0.6) is 0 Å². The van der Waals surface area contributed by atoms with Gasteiger partial charge < -0.3 is 15.0 Å². The van der Waals surface area contributed by atoms with Crippen LogP contribution in [0.2, 0.25) is 0 Å².